The van der Waals surface area contributed by atoms with Crippen molar-refractivity contribution in [2.45, 2.75) is 36.1 Å². The summed E-state index contributed by atoms with van der Waals surface area (Å²) in [5.41, 5.74) is 0.691. The molecule has 1 aliphatic heterocycles. The number of piperidine rings is 1. The summed E-state index contributed by atoms with van der Waals surface area (Å²) in [4.78, 5) is 12.7. The molecule has 0 aromatic heterocycles. The summed E-state index contributed by atoms with van der Waals surface area (Å²) in [5, 5.41) is 8.15. The molecule has 1 amide bonds. The number of ether oxygens (including phenoxy) is 1. The van der Waals surface area contributed by atoms with E-state index in [4.69, 9.17) is 21.5 Å². The number of nitrogens with one attached hydrogen (secondary N) is 1. The molecule has 180 valence electrons. The van der Waals surface area contributed by atoms with E-state index in [0.29, 0.717) is 31.6 Å². The highest BCUT2D eigenvalue weighted by atomic mass is 35.5. The molecule has 33 heavy (non-hydrogen) atoms. The highest BCUT2D eigenvalue weighted by molar-refractivity contribution is 7.89. The van der Waals surface area contributed by atoms with Crippen LogP contribution in [0.1, 0.15) is 25.3 Å². The number of hydrogen-bond donors (Lipinski definition) is 2. The number of amides is 1. The summed E-state index contributed by atoms with van der Waals surface area (Å²) in [6.45, 7) is 2.56. The summed E-state index contributed by atoms with van der Waals surface area (Å²) < 4.78 is 56.0. The zero-order chi connectivity index (χ0) is 24.2. The lowest BCUT2D eigenvalue weighted by atomic mass is 9.99. The number of primary sulfonamides is 1. The van der Waals surface area contributed by atoms with Gasteiger partial charge in [0.25, 0.3) is 0 Å². The van der Waals surface area contributed by atoms with Gasteiger partial charge >= 0.3 is 0 Å². The predicted octanol–water partition coefficient (Wildman–Crippen LogP) is 2.10. The summed E-state index contributed by atoms with van der Waals surface area (Å²) in [6.07, 6.45) is 1.08. The number of rotatable bonds is 8. The van der Waals surface area contributed by atoms with E-state index in [1.807, 2.05) is 0 Å². The topological polar surface area (TPSA) is 136 Å². The highest BCUT2D eigenvalue weighted by Crippen LogP contribution is 2.32. The number of carbonyl (C=O) groups is 1. The number of nitrogens with two attached hydrogens (primary N) is 1. The SMILES string of the molecule is CCOc1ccc(Cl)cc1S(=O)(=O)N1CCC[C@H](C(=O)NCc2ccc(S(N)(=O)=O)cc2)C1. The molecule has 0 saturated carbocycles. The van der Waals surface area contributed by atoms with E-state index in [1.54, 1.807) is 25.1 Å². The Hall–Kier alpha value is -2.18. The molecule has 1 aliphatic rings. The largest absolute Gasteiger partial charge is 0.492 e. The Kier molecular flexibility index (Phi) is 8.01. The number of carbonyl (C=O) groups excluding carboxylic acids is 1. The second-order valence-electron chi connectivity index (χ2n) is 7.63. The third kappa shape index (κ3) is 6.24. The van der Waals surface area contributed by atoms with Gasteiger partial charge in [-0.15, -0.1) is 0 Å². The van der Waals surface area contributed by atoms with E-state index in [-0.39, 0.29) is 39.6 Å². The standard InChI is InChI=1S/C21H26ClN3O6S2/c1-2-31-19-10-7-17(22)12-20(19)33(29,30)25-11-3-4-16(14-25)21(26)24-13-15-5-8-18(9-6-15)32(23,27)28/h5-10,12,16H,2-4,11,13-14H2,1H3,(H,24,26)(H2,23,27,28)/t16-/m0/s1. The van der Waals surface area contributed by atoms with Crippen LogP contribution in [0.15, 0.2) is 52.3 Å². The van der Waals surface area contributed by atoms with E-state index >= 15 is 0 Å². The molecule has 2 aromatic carbocycles. The Morgan fingerprint density at radius 1 is 1.18 bits per heavy atom. The van der Waals surface area contributed by atoms with Gasteiger partial charge in [-0.2, -0.15) is 4.31 Å². The Labute approximate surface area is 199 Å². The molecule has 12 heteroatoms. The molecule has 1 atom stereocenters. The van der Waals surface area contributed by atoms with Crippen molar-refractivity contribution in [3.63, 3.8) is 0 Å². The van der Waals surface area contributed by atoms with Crippen LogP contribution in [-0.2, 0) is 31.4 Å². The summed E-state index contributed by atoms with van der Waals surface area (Å²) >= 11 is 6.03. The Bertz CT molecular complexity index is 1220. The van der Waals surface area contributed by atoms with Gasteiger partial charge in [-0.1, -0.05) is 23.7 Å². The lowest BCUT2D eigenvalue weighted by Crippen LogP contribution is -2.45. The number of benzene rings is 2. The average Bonchev–Trinajstić information content (AvgIpc) is 2.78. The third-order valence-electron chi connectivity index (χ3n) is 5.30. The maximum absolute atomic E-state index is 13.3. The van der Waals surface area contributed by atoms with Crippen molar-refractivity contribution in [1.29, 1.82) is 0 Å². The predicted molar refractivity (Wildman–Crippen MR) is 124 cm³/mol. The Morgan fingerprint density at radius 3 is 2.52 bits per heavy atom. The number of nitrogens with zero attached hydrogens (tertiary/aromatic N) is 1. The van der Waals surface area contributed by atoms with Gasteiger partial charge in [0.05, 0.1) is 17.4 Å². The first kappa shape index (κ1) is 25.4. The van der Waals surface area contributed by atoms with Gasteiger partial charge in [0.15, 0.2) is 0 Å². The minimum atomic E-state index is -3.91. The maximum Gasteiger partial charge on any atom is 0.246 e. The molecule has 9 nitrogen and oxygen atoms in total. The van der Waals surface area contributed by atoms with Crippen LogP contribution in [0.2, 0.25) is 5.02 Å². The number of halogens is 1. The summed E-state index contributed by atoms with van der Waals surface area (Å²) in [7, 11) is -7.70. The zero-order valence-electron chi connectivity index (χ0n) is 18.0. The van der Waals surface area contributed by atoms with Gasteiger partial charge in [0.1, 0.15) is 10.6 Å². The van der Waals surface area contributed by atoms with Crippen molar-refractivity contribution in [2.24, 2.45) is 11.1 Å². The minimum absolute atomic E-state index is 0.0156. The molecule has 3 N–H and O–H groups in total. The van der Waals surface area contributed by atoms with Crippen LogP contribution in [0.25, 0.3) is 0 Å². The number of hydrogen-bond acceptors (Lipinski definition) is 6. The molecule has 1 heterocycles. The molecule has 0 unspecified atom stereocenters. The molecule has 3 rings (SSSR count). The maximum atomic E-state index is 13.3. The fourth-order valence-corrected chi connectivity index (χ4v) is 6.04. The first-order valence-electron chi connectivity index (χ1n) is 10.3. The first-order valence-corrected chi connectivity index (χ1v) is 13.7. The van der Waals surface area contributed by atoms with Crippen molar-refractivity contribution >= 4 is 37.6 Å². The van der Waals surface area contributed by atoms with Gasteiger partial charge in [0.2, 0.25) is 26.0 Å². The van der Waals surface area contributed by atoms with Crippen LogP contribution in [0.4, 0.5) is 0 Å². The molecular formula is C21H26ClN3O6S2. The van der Waals surface area contributed by atoms with Crippen LogP contribution in [0.5, 0.6) is 5.75 Å². The minimum Gasteiger partial charge on any atom is -0.492 e. The van der Waals surface area contributed by atoms with Gasteiger partial charge in [0, 0.05) is 24.7 Å². The second-order valence-corrected chi connectivity index (χ2v) is 11.5. The monoisotopic (exact) mass is 515 g/mol. The summed E-state index contributed by atoms with van der Waals surface area (Å²) in [6, 6.07) is 10.3. The third-order valence-corrected chi connectivity index (χ3v) is 8.35. The fraction of sp³-hybridized carbons (Fsp3) is 0.381. The van der Waals surface area contributed by atoms with E-state index in [0.717, 1.165) is 0 Å². The average molecular weight is 516 g/mol. The van der Waals surface area contributed by atoms with Gasteiger partial charge in [-0.3, -0.25) is 4.79 Å². The molecule has 1 saturated heterocycles. The van der Waals surface area contributed by atoms with Crippen molar-refractivity contribution in [3.8, 4) is 5.75 Å². The Morgan fingerprint density at radius 2 is 1.88 bits per heavy atom. The van der Waals surface area contributed by atoms with Crippen molar-refractivity contribution in [3.05, 3.63) is 53.1 Å². The van der Waals surface area contributed by atoms with E-state index in [1.165, 1.54) is 28.6 Å². The van der Waals surface area contributed by atoms with Gasteiger partial charge in [-0.05, 0) is 55.7 Å². The van der Waals surface area contributed by atoms with Crippen molar-refractivity contribution in [1.82, 2.24) is 9.62 Å². The number of sulfonamides is 2. The van der Waals surface area contributed by atoms with E-state index in [2.05, 4.69) is 5.32 Å². The van der Waals surface area contributed by atoms with E-state index in [9.17, 15) is 21.6 Å². The van der Waals surface area contributed by atoms with Crippen LogP contribution in [0, 0.1) is 5.92 Å². The van der Waals surface area contributed by atoms with Crippen LogP contribution in [-0.4, -0.2) is 46.7 Å². The molecule has 0 bridgehead atoms. The molecular weight excluding hydrogens is 490 g/mol. The van der Waals surface area contributed by atoms with Crippen LogP contribution in [0.3, 0.4) is 0 Å². The van der Waals surface area contributed by atoms with Crippen LogP contribution < -0.4 is 15.2 Å². The van der Waals surface area contributed by atoms with Crippen LogP contribution >= 0.6 is 11.6 Å². The smallest absolute Gasteiger partial charge is 0.246 e. The molecule has 2 aromatic rings. The lowest BCUT2D eigenvalue weighted by molar-refractivity contribution is -0.126. The highest BCUT2D eigenvalue weighted by Gasteiger charge is 2.35. The molecule has 0 aliphatic carbocycles. The first-order chi connectivity index (χ1) is 15.5. The second kappa shape index (κ2) is 10.4. The molecule has 0 spiro atoms. The summed E-state index contributed by atoms with van der Waals surface area (Å²) in [5.74, 6) is -0.579. The van der Waals surface area contributed by atoms with Crippen molar-refractivity contribution < 1.29 is 26.4 Å². The van der Waals surface area contributed by atoms with Gasteiger partial charge < -0.3 is 10.1 Å². The zero-order valence-corrected chi connectivity index (χ0v) is 20.4. The van der Waals surface area contributed by atoms with Crippen molar-refractivity contribution in [2.75, 3.05) is 19.7 Å². The quantitative estimate of drug-likeness (QED) is 0.552. The lowest BCUT2D eigenvalue weighted by Gasteiger charge is -2.31. The molecule has 1 fully saturated rings. The van der Waals surface area contributed by atoms with Gasteiger partial charge in [-0.25, -0.2) is 22.0 Å². The normalized spacial score (nSPS) is 17.5. The van der Waals surface area contributed by atoms with E-state index < -0.39 is 26.0 Å². The fourth-order valence-electron chi connectivity index (χ4n) is 3.60. The Balaban J connectivity index is 1.68. The molecule has 0 radical (unpaired) electrons.